The molecule has 0 amide bonds. The first-order chi connectivity index (χ1) is 13.4. The van der Waals surface area contributed by atoms with Gasteiger partial charge in [0.1, 0.15) is 0 Å². The predicted octanol–water partition coefficient (Wildman–Crippen LogP) is 7.34. The fourth-order valence-electron chi connectivity index (χ4n) is 7.87. The molecule has 0 N–H and O–H groups in total. The van der Waals surface area contributed by atoms with Crippen molar-refractivity contribution in [2.75, 3.05) is 0 Å². The molecule has 6 atom stereocenters. The minimum Gasteiger partial charge on any atom is -0.294 e. The van der Waals surface area contributed by atoms with Crippen molar-refractivity contribution in [2.45, 2.75) is 71.6 Å². The molecule has 0 spiro atoms. The summed E-state index contributed by atoms with van der Waals surface area (Å²) in [6.45, 7) is 4.88. The second-order valence-corrected chi connectivity index (χ2v) is 11.0. The van der Waals surface area contributed by atoms with Gasteiger partial charge in [-0.05, 0) is 97.3 Å². The lowest BCUT2D eigenvalue weighted by molar-refractivity contribution is -0.137. The van der Waals surface area contributed by atoms with Gasteiger partial charge in [0.25, 0.3) is 0 Å². The van der Waals surface area contributed by atoms with Crippen LogP contribution in [0.1, 0.15) is 77.2 Å². The van der Waals surface area contributed by atoms with Gasteiger partial charge in [-0.1, -0.05) is 56.5 Å². The summed E-state index contributed by atoms with van der Waals surface area (Å²) >= 11 is 6.39. The molecule has 1 aromatic carbocycles. The van der Waals surface area contributed by atoms with Crippen molar-refractivity contribution >= 4 is 23.5 Å². The van der Waals surface area contributed by atoms with Crippen LogP contribution in [0.5, 0.6) is 0 Å². The summed E-state index contributed by atoms with van der Waals surface area (Å²) in [6, 6.07) is 7.91. The van der Waals surface area contributed by atoms with Gasteiger partial charge in [-0.15, -0.1) is 0 Å². The molecule has 0 aliphatic heterocycles. The van der Waals surface area contributed by atoms with Gasteiger partial charge < -0.3 is 0 Å². The van der Waals surface area contributed by atoms with E-state index in [1.54, 1.807) is 0 Å². The summed E-state index contributed by atoms with van der Waals surface area (Å²) in [5, 5.41) is 0.746. The van der Waals surface area contributed by atoms with Crippen molar-refractivity contribution < 1.29 is 4.79 Å². The predicted molar refractivity (Wildman–Crippen MR) is 116 cm³/mol. The van der Waals surface area contributed by atoms with E-state index in [4.69, 9.17) is 11.6 Å². The highest BCUT2D eigenvalue weighted by molar-refractivity contribution is 6.32. The Kier molecular flexibility index (Phi) is 4.54. The van der Waals surface area contributed by atoms with Crippen molar-refractivity contribution in [3.05, 3.63) is 40.4 Å². The first-order valence-electron chi connectivity index (χ1n) is 11.4. The molecule has 4 aliphatic rings. The Morgan fingerprint density at radius 2 is 1.82 bits per heavy atom. The van der Waals surface area contributed by atoms with Crippen LogP contribution in [0, 0.1) is 34.5 Å². The topological polar surface area (TPSA) is 17.1 Å². The van der Waals surface area contributed by atoms with Gasteiger partial charge in [-0.3, -0.25) is 4.79 Å². The molecule has 4 aliphatic carbocycles. The molecule has 0 heterocycles. The molecule has 150 valence electrons. The summed E-state index contributed by atoms with van der Waals surface area (Å²) in [4.78, 5) is 13.5. The van der Waals surface area contributed by atoms with E-state index in [-0.39, 0.29) is 5.41 Å². The number of Topliss-reactive ketones (excluding diaryl/α,β-unsaturated/α-hetero) is 1. The van der Waals surface area contributed by atoms with Crippen molar-refractivity contribution in [3.8, 4) is 0 Å². The molecule has 2 heteroatoms. The molecular formula is C26H33ClO. The molecule has 28 heavy (non-hydrogen) atoms. The summed E-state index contributed by atoms with van der Waals surface area (Å²) in [6.07, 6.45) is 13.8. The first kappa shape index (κ1) is 18.9. The molecule has 0 radical (unpaired) electrons. The lowest BCUT2D eigenvalue weighted by Crippen LogP contribution is -2.52. The number of carbonyl (C=O) groups is 1. The molecule has 0 aromatic heterocycles. The van der Waals surface area contributed by atoms with E-state index in [0.29, 0.717) is 17.1 Å². The second-order valence-electron chi connectivity index (χ2n) is 10.6. The first-order valence-corrected chi connectivity index (χ1v) is 11.8. The molecule has 0 unspecified atom stereocenters. The maximum absolute atomic E-state index is 13.5. The van der Waals surface area contributed by atoms with E-state index in [2.05, 4.69) is 19.9 Å². The van der Waals surface area contributed by atoms with Gasteiger partial charge in [0, 0.05) is 10.4 Å². The summed E-state index contributed by atoms with van der Waals surface area (Å²) < 4.78 is 0. The van der Waals surface area contributed by atoms with Crippen LogP contribution in [0.25, 0.3) is 6.08 Å². The van der Waals surface area contributed by atoms with Crippen LogP contribution in [0.15, 0.2) is 29.8 Å². The molecule has 4 fully saturated rings. The Morgan fingerprint density at radius 1 is 1.00 bits per heavy atom. The number of rotatable bonds is 1. The monoisotopic (exact) mass is 396 g/mol. The SMILES string of the molecule is C[C@]12CCCC[C@@H]1CC[C@H]1[C@H]2CC[C@]2(C)C(=O)/C(=C\c3ccccc3Cl)C[C@H]12. The lowest BCUT2D eigenvalue weighted by atomic mass is 9.45. The second kappa shape index (κ2) is 6.73. The van der Waals surface area contributed by atoms with E-state index in [1.165, 1.54) is 44.9 Å². The van der Waals surface area contributed by atoms with Crippen molar-refractivity contribution in [3.63, 3.8) is 0 Å². The number of carbonyl (C=O) groups excluding carboxylic acids is 1. The highest BCUT2D eigenvalue weighted by Gasteiger charge is 2.60. The fourth-order valence-corrected chi connectivity index (χ4v) is 8.06. The smallest absolute Gasteiger partial charge is 0.165 e. The number of halogens is 1. The Labute approximate surface area is 174 Å². The van der Waals surface area contributed by atoms with Crippen molar-refractivity contribution in [1.82, 2.24) is 0 Å². The third-order valence-electron chi connectivity index (χ3n) is 9.46. The highest BCUT2D eigenvalue weighted by Crippen LogP contribution is 2.66. The van der Waals surface area contributed by atoms with Crippen LogP contribution in [-0.2, 0) is 4.79 Å². The average molecular weight is 397 g/mol. The minimum atomic E-state index is -0.147. The van der Waals surface area contributed by atoms with E-state index in [9.17, 15) is 4.79 Å². The van der Waals surface area contributed by atoms with Gasteiger partial charge >= 0.3 is 0 Å². The van der Waals surface area contributed by atoms with Gasteiger partial charge in [-0.25, -0.2) is 0 Å². The van der Waals surface area contributed by atoms with E-state index in [0.717, 1.165) is 46.8 Å². The molecule has 1 aromatic rings. The van der Waals surface area contributed by atoms with E-state index < -0.39 is 0 Å². The summed E-state index contributed by atoms with van der Waals surface area (Å²) in [5.41, 5.74) is 2.40. The number of allylic oxidation sites excluding steroid dienone is 1. The minimum absolute atomic E-state index is 0.147. The summed E-state index contributed by atoms with van der Waals surface area (Å²) in [7, 11) is 0. The molecule has 1 nitrogen and oxygen atoms in total. The van der Waals surface area contributed by atoms with Gasteiger partial charge in [-0.2, -0.15) is 0 Å². The fraction of sp³-hybridized carbons (Fsp3) is 0.654. The zero-order chi connectivity index (χ0) is 19.5. The van der Waals surface area contributed by atoms with Crippen LogP contribution < -0.4 is 0 Å². The van der Waals surface area contributed by atoms with Crippen LogP contribution in [-0.4, -0.2) is 5.78 Å². The normalized spacial score (nSPS) is 44.1. The molecule has 0 bridgehead atoms. The number of ketones is 1. The quantitative estimate of drug-likeness (QED) is 0.454. The zero-order valence-electron chi connectivity index (χ0n) is 17.3. The third-order valence-corrected chi connectivity index (χ3v) is 9.80. The standard InChI is InChI=1S/C26H33ClO/c1-25-13-6-5-8-19(25)10-11-20-21(25)12-14-26(2)22(20)16-18(24(26)28)15-17-7-3-4-9-23(17)27/h3-4,7,9,15,19-22H,5-6,8,10-14,16H2,1-2H3/b18-15-/t19-,20+,21-,22-,25+,26+/m1/s1. The maximum atomic E-state index is 13.5. The Morgan fingerprint density at radius 3 is 2.64 bits per heavy atom. The van der Waals surface area contributed by atoms with Crippen molar-refractivity contribution in [1.29, 1.82) is 0 Å². The average Bonchev–Trinajstić information content (AvgIpc) is 2.94. The van der Waals surface area contributed by atoms with Gasteiger partial charge in [0.05, 0.1) is 0 Å². The molecular weight excluding hydrogens is 364 g/mol. The molecule has 4 saturated carbocycles. The number of benzene rings is 1. The highest BCUT2D eigenvalue weighted by atomic mass is 35.5. The van der Waals surface area contributed by atoms with Gasteiger partial charge in [0.2, 0.25) is 0 Å². The molecule has 0 saturated heterocycles. The summed E-state index contributed by atoms with van der Waals surface area (Å²) in [5.74, 6) is 3.44. The number of hydrogen-bond donors (Lipinski definition) is 0. The van der Waals surface area contributed by atoms with E-state index >= 15 is 0 Å². The van der Waals surface area contributed by atoms with Crippen LogP contribution in [0.3, 0.4) is 0 Å². The number of hydrogen-bond acceptors (Lipinski definition) is 1. The van der Waals surface area contributed by atoms with Crippen LogP contribution >= 0.6 is 11.6 Å². The Hall–Kier alpha value is -1.08. The Bertz CT molecular complexity index is 825. The van der Waals surface area contributed by atoms with Crippen LogP contribution in [0.2, 0.25) is 5.02 Å². The van der Waals surface area contributed by atoms with Crippen LogP contribution in [0.4, 0.5) is 0 Å². The largest absolute Gasteiger partial charge is 0.294 e. The Balaban J connectivity index is 1.48. The number of fused-ring (bicyclic) bond motifs is 5. The zero-order valence-corrected chi connectivity index (χ0v) is 18.1. The van der Waals surface area contributed by atoms with E-state index in [1.807, 2.05) is 24.3 Å². The third kappa shape index (κ3) is 2.68. The molecule has 5 rings (SSSR count). The van der Waals surface area contributed by atoms with Crippen molar-refractivity contribution in [2.24, 2.45) is 34.5 Å². The maximum Gasteiger partial charge on any atom is 0.165 e. The van der Waals surface area contributed by atoms with Gasteiger partial charge in [0.15, 0.2) is 5.78 Å². The lowest BCUT2D eigenvalue weighted by Gasteiger charge is -2.59.